The van der Waals surface area contributed by atoms with E-state index < -0.39 is 28.0 Å². The van der Waals surface area contributed by atoms with Crippen molar-refractivity contribution < 1.29 is 18.4 Å². The summed E-state index contributed by atoms with van der Waals surface area (Å²) in [6, 6.07) is 2.49. The van der Waals surface area contributed by atoms with Crippen molar-refractivity contribution in [2.24, 2.45) is 0 Å². The van der Waals surface area contributed by atoms with Crippen molar-refractivity contribution in [1.82, 2.24) is 4.98 Å². The van der Waals surface area contributed by atoms with Gasteiger partial charge >= 0.3 is 5.69 Å². The minimum Gasteiger partial charge on any atom is -0.453 e. The number of nitrogens with zero attached hydrogens (tertiary/aromatic N) is 2. The molecular formula is C11H6F2IN3O3. The van der Waals surface area contributed by atoms with E-state index in [1.807, 2.05) is 22.6 Å². The summed E-state index contributed by atoms with van der Waals surface area (Å²) in [5.41, 5.74) is 4.59. The normalized spacial score (nSPS) is 10.3. The third-order valence-electron chi connectivity index (χ3n) is 2.30. The van der Waals surface area contributed by atoms with E-state index in [9.17, 15) is 18.9 Å². The molecule has 0 unspecified atom stereocenters. The third-order valence-corrected chi connectivity index (χ3v) is 3.38. The minimum atomic E-state index is -1.19. The molecule has 0 aliphatic heterocycles. The van der Waals surface area contributed by atoms with Gasteiger partial charge < -0.3 is 10.5 Å². The maximum Gasteiger partial charge on any atom is 0.307 e. The molecule has 0 saturated carbocycles. The summed E-state index contributed by atoms with van der Waals surface area (Å²) in [6.45, 7) is 0. The lowest BCUT2D eigenvalue weighted by Crippen LogP contribution is -1.99. The average molecular weight is 393 g/mol. The van der Waals surface area contributed by atoms with Gasteiger partial charge in [-0.1, -0.05) is 0 Å². The van der Waals surface area contributed by atoms with Gasteiger partial charge in [0, 0.05) is 18.3 Å². The topological polar surface area (TPSA) is 91.3 Å². The molecule has 0 atom stereocenters. The van der Waals surface area contributed by atoms with Crippen molar-refractivity contribution >= 4 is 34.1 Å². The number of aromatic nitrogens is 1. The Morgan fingerprint density at radius 1 is 1.30 bits per heavy atom. The van der Waals surface area contributed by atoms with Crippen molar-refractivity contribution in [3.05, 3.63) is 49.7 Å². The Labute approximate surface area is 124 Å². The van der Waals surface area contributed by atoms with Gasteiger partial charge in [0.05, 0.1) is 14.6 Å². The van der Waals surface area contributed by atoms with Crippen LogP contribution in [-0.2, 0) is 0 Å². The molecule has 104 valence electrons. The number of nitrogens with two attached hydrogens (primary N) is 1. The Bertz CT molecular complexity index is 697. The smallest absolute Gasteiger partial charge is 0.307 e. The van der Waals surface area contributed by atoms with E-state index in [0.29, 0.717) is 15.7 Å². The highest BCUT2D eigenvalue weighted by Crippen LogP contribution is 2.33. The van der Waals surface area contributed by atoms with Gasteiger partial charge in [-0.25, -0.2) is 9.37 Å². The van der Waals surface area contributed by atoms with Gasteiger partial charge in [0.25, 0.3) is 0 Å². The number of hydrogen-bond acceptors (Lipinski definition) is 5. The molecule has 2 rings (SSSR count). The van der Waals surface area contributed by atoms with Crippen LogP contribution in [0.4, 0.5) is 20.3 Å². The second-order valence-electron chi connectivity index (χ2n) is 3.60. The zero-order valence-corrected chi connectivity index (χ0v) is 11.8. The monoisotopic (exact) mass is 393 g/mol. The predicted molar refractivity (Wildman–Crippen MR) is 74.5 cm³/mol. The number of nitro benzene ring substituents is 1. The molecule has 2 aromatic rings. The fourth-order valence-electron chi connectivity index (χ4n) is 1.37. The predicted octanol–water partition coefficient (Wildman–Crippen LogP) is 3.25. The Morgan fingerprint density at radius 3 is 2.65 bits per heavy atom. The summed E-state index contributed by atoms with van der Waals surface area (Å²) in [7, 11) is 0. The molecule has 0 bridgehead atoms. The van der Waals surface area contributed by atoms with E-state index in [1.54, 1.807) is 0 Å². The number of halogens is 3. The lowest BCUT2D eigenvalue weighted by molar-refractivity contribution is -0.387. The van der Waals surface area contributed by atoms with Gasteiger partial charge in [-0.05, 0) is 22.6 Å². The summed E-state index contributed by atoms with van der Waals surface area (Å²) in [4.78, 5) is 13.2. The zero-order chi connectivity index (χ0) is 14.9. The molecule has 0 spiro atoms. The van der Waals surface area contributed by atoms with E-state index in [1.165, 1.54) is 12.3 Å². The fraction of sp³-hybridized carbons (Fsp3) is 0. The molecule has 0 saturated heterocycles. The number of hydrogen-bond donors (Lipinski definition) is 1. The Kier molecular flexibility index (Phi) is 3.97. The van der Waals surface area contributed by atoms with Crippen molar-refractivity contribution in [3.8, 4) is 11.5 Å². The first-order valence-corrected chi connectivity index (χ1v) is 6.19. The van der Waals surface area contributed by atoms with Gasteiger partial charge in [-0.3, -0.25) is 10.1 Å². The molecule has 2 N–H and O–H groups in total. The van der Waals surface area contributed by atoms with Crippen molar-refractivity contribution in [3.63, 3.8) is 0 Å². The molecule has 9 heteroatoms. The van der Waals surface area contributed by atoms with Crippen LogP contribution in [0, 0.1) is 25.3 Å². The Balaban J connectivity index is 2.42. The molecule has 1 heterocycles. The van der Waals surface area contributed by atoms with Crippen LogP contribution in [0.15, 0.2) is 24.4 Å². The first-order chi connectivity index (χ1) is 9.40. The number of pyridine rings is 1. The highest BCUT2D eigenvalue weighted by atomic mass is 127. The summed E-state index contributed by atoms with van der Waals surface area (Å²) < 4.78 is 32.7. The molecule has 0 amide bonds. The molecule has 0 aliphatic carbocycles. The standard InChI is InChI=1S/C11H6F2IN3O3/c12-5-4-9(6(13)3-7(5)17(18)19)20-8-1-2-16-11(15)10(8)14/h1-4H,(H2,15,16). The molecule has 1 aromatic heterocycles. The Morgan fingerprint density at radius 2 is 2.00 bits per heavy atom. The molecule has 1 aromatic carbocycles. The van der Waals surface area contributed by atoms with Gasteiger partial charge in [-0.15, -0.1) is 0 Å². The summed E-state index contributed by atoms with van der Waals surface area (Å²) in [6.07, 6.45) is 1.34. The van der Waals surface area contributed by atoms with E-state index >= 15 is 0 Å². The molecular weight excluding hydrogens is 387 g/mol. The number of ether oxygens (including phenoxy) is 1. The van der Waals surface area contributed by atoms with Gasteiger partial charge in [0.2, 0.25) is 5.82 Å². The van der Waals surface area contributed by atoms with Crippen molar-refractivity contribution in [2.75, 3.05) is 5.73 Å². The number of rotatable bonds is 3. The van der Waals surface area contributed by atoms with Gasteiger partial charge in [0.1, 0.15) is 11.6 Å². The molecule has 0 radical (unpaired) electrons. The van der Waals surface area contributed by atoms with E-state index in [-0.39, 0.29) is 11.6 Å². The lowest BCUT2D eigenvalue weighted by Gasteiger charge is -2.09. The van der Waals surface area contributed by atoms with Crippen LogP contribution >= 0.6 is 22.6 Å². The Hall–Kier alpha value is -2.04. The van der Waals surface area contributed by atoms with Crippen LogP contribution in [0.5, 0.6) is 11.5 Å². The second kappa shape index (κ2) is 5.53. The first-order valence-electron chi connectivity index (χ1n) is 5.11. The van der Waals surface area contributed by atoms with Crippen LogP contribution in [0.25, 0.3) is 0 Å². The lowest BCUT2D eigenvalue weighted by atomic mass is 10.2. The largest absolute Gasteiger partial charge is 0.453 e. The molecule has 0 fully saturated rings. The zero-order valence-electron chi connectivity index (χ0n) is 9.64. The maximum absolute atomic E-state index is 13.7. The highest BCUT2D eigenvalue weighted by molar-refractivity contribution is 14.1. The molecule has 20 heavy (non-hydrogen) atoms. The van der Waals surface area contributed by atoms with E-state index in [4.69, 9.17) is 10.5 Å². The number of anilines is 1. The average Bonchev–Trinajstić information content (AvgIpc) is 2.38. The van der Waals surface area contributed by atoms with Crippen LogP contribution in [0.1, 0.15) is 0 Å². The highest BCUT2D eigenvalue weighted by Gasteiger charge is 2.20. The first kappa shape index (κ1) is 14.4. The summed E-state index contributed by atoms with van der Waals surface area (Å²) in [5.74, 6) is -2.37. The minimum absolute atomic E-state index is 0.172. The fourth-order valence-corrected chi connectivity index (χ4v) is 1.80. The second-order valence-corrected chi connectivity index (χ2v) is 4.68. The van der Waals surface area contributed by atoms with Gasteiger partial charge in [0.15, 0.2) is 11.6 Å². The quantitative estimate of drug-likeness (QED) is 0.491. The van der Waals surface area contributed by atoms with Crippen molar-refractivity contribution in [2.45, 2.75) is 0 Å². The number of benzene rings is 1. The van der Waals surface area contributed by atoms with Crippen LogP contribution in [0.3, 0.4) is 0 Å². The number of nitro groups is 1. The summed E-state index contributed by atoms with van der Waals surface area (Å²) in [5, 5.41) is 10.5. The van der Waals surface area contributed by atoms with Gasteiger partial charge in [-0.2, -0.15) is 4.39 Å². The van der Waals surface area contributed by atoms with E-state index in [2.05, 4.69) is 4.98 Å². The maximum atomic E-state index is 13.7. The molecule has 0 aliphatic rings. The number of nitrogen functional groups attached to an aromatic ring is 1. The molecule has 6 nitrogen and oxygen atoms in total. The van der Waals surface area contributed by atoms with E-state index in [0.717, 1.165) is 0 Å². The third kappa shape index (κ3) is 2.76. The SMILES string of the molecule is Nc1nccc(Oc2cc(F)c([N+](=O)[O-])cc2F)c1I. The van der Waals surface area contributed by atoms with Crippen LogP contribution in [0.2, 0.25) is 0 Å². The summed E-state index contributed by atoms with van der Waals surface area (Å²) >= 11 is 1.83. The van der Waals surface area contributed by atoms with Crippen LogP contribution < -0.4 is 10.5 Å². The van der Waals surface area contributed by atoms with Crippen molar-refractivity contribution in [1.29, 1.82) is 0 Å². The van der Waals surface area contributed by atoms with Crippen LogP contribution in [-0.4, -0.2) is 9.91 Å².